The molecule has 1 aliphatic heterocycles. The van der Waals surface area contributed by atoms with Crippen LogP contribution in [0.2, 0.25) is 0 Å². The molecule has 1 heterocycles. The summed E-state index contributed by atoms with van der Waals surface area (Å²) >= 11 is 0. The lowest BCUT2D eigenvalue weighted by Crippen LogP contribution is -2.51. The Balaban J connectivity index is 1.83. The van der Waals surface area contributed by atoms with Gasteiger partial charge in [0.05, 0.1) is 18.8 Å². The number of morpholine rings is 1. The van der Waals surface area contributed by atoms with Crippen LogP contribution in [0.25, 0.3) is 0 Å². The van der Waals surface area contributed by atoms with E-state index in [1.54, 1.807) is 7.11 Å². The van der Waals surface area contributed by atoms with Gasteiger partial charge in [0, 0.05) is 26.7 Å². The van der Waals surface area contributed by atoms with E-state index in [1.807, 2.05) is 43.0 Å². The first kappa shape index (κ1) is 15.8. The molecule has 0 radical (unpaired) electrons. The van der Waals surface area contributed by atoms with Crippen molar-refractivity contribution in [3.05, 3.63) is 35.4 Å². The minimum Gasteiger partial charge on any atom is -0.380 e. The molecule has 116 valence electrons. The normalized spacial score (nSPS) is 22.1. The number of urea groups is 1. The van der Waals surface area contributed by atoms with Crippen LogP contribution in [0.3, 0.4) is 0 Å². The van der Waals surface area contributed by atoms with E-state index in [2.05, 4.69) is 5.32 Å². The van der Waals surface area contributed by atoms with E-state index >= 15 is 0 Å². The van der Waals surface area contributed by atoms with E-state index in [4.69, 9.17) is 9.47 Å². The Morgan fingerprint density at radius 3 is 2.38 bits per heavy atom. The van der Waals surface area contributed by atoms with Crippen LogP contribution in [0.15, 0.2) is 24.3 Å². The Hall–Kier alpha value is -1.59. The Morgan fingerprint density at radius 2 is 1.81 bits per heavy atom. The Morgan fingerprint density at radius 1 is 1.24 bits per heavy atom. The number of carbonyl (C=O) groups excluding carboxylic acids is 1. The molecule has 5 nitrogen and oxygen atoms in total. The fourth-order valence-electron chi connectivity index (χ4n) is 2.55. The summed E-state index contributed by atoms with van der Waals surface area (Å²) in [6.45, 7) is 6.41. The molecule has 2 rings (SSSR count). The molecule has 5 heteroatoms. The molecule has 0 saturated carbocycles. The first-order chi connectivity index (χ1) is 10.1. The van der Waals surface area contributed by atoms with Gasteiger partial charge in [-0.25, -0.2) is 4.79 Å². The first-order valence-electron chi connectivity index (χ1n) is 7.33. The lowest BCUT2D eigenvalue weighted by molar-refractivity contribution is -0.0545. The summed E-state index contributed by atoms with van der Waals surface area (Å²) in [5.74, 6) is 0. The van der Waals surface area contributed by atoms with Crippen LogP contribution in [0.4, 0.5) is 4.79 Å². The SMILES string of the molecule is COCc1ccc(CNC(=O)N2C[C@H](C)O[C@@H](C)C2)cc1. The number of hydrogen-bond acceptors (Lipinski definition) is 3. The van der Waals surface area contributed by atoms with Gasteiger partial charge in [-0.3, -0.25) is 0 Å². The third-order valence-corrected chi connectivity index (χ3v) is 3.48. The maximum Gasteiger partial charge on any atom is 0.317 e. The van der Waals surface area contributed by atoms with Crippen molar-refractivity contribution in [2.24, 2.45) is 0 Å². The van der Waals surface area contributed by atoms with Crippen molar-refractivity contribution in [2.45, 2.75) is 39.2 Å². The highest BCUT2D eigenvalue weighted by Gasteiger charge is 2.25. The highest BCUT2D eigenvalue weighted by molar-refractivity contribution is 5.74. The molecule has 1 aromatic rings. The van der Waals surface area contributed by atoms with Gasteiger partial charge in [0.2, 0.25) is 0 Å². The zero-order valence-corrected chi connectivity index (χ0v) is 13.0. The summed E-state index contributed by atoms with van der Waals surface area (Å²) < 4.78 is 10.7. The molecule has 0 bridgehead atoms. The van der Waals surface area contributed by atoms with Crippen molar-refractivity contribution in [3.8, 4) is 0 Å². The number of hydrogen-bond donors (Lipinski definition) is 1. The number of methoxy groups -OCH3 is 1. The predicted molar refractivity (Wildman–Crippen MR) is 81.0 cm³/mol. The van der Waals surface area contributed by atoms with E-state index in [1.165, 1.54) is 0 Å². The largest absolute Gasteiger partial charge is 0.380 e. The van der Waals surface area contributed by atoms with Crippen LogP contribution in [0.1, 0.15) is 25.0 Å². The molecule has 1 N–H and O–H groups in total. The number of nitrogens with one attached hydrogen (secondary N) is 1. The number of benzene rings is 1. The van der Waals surface area contributed by atoms with Gasteiger partial charge < -0.3 is 19.7 Å². The van der Waals surface area contributed by atoms with Gasteiger partial charge in [-0.05, 0) is 25.0 Å². The lowest BCUT2D eigenvalue weighted by Gasteiger charge is -2.35. The molecule has 0 aromatic heterocycles. The second-order valence-corrected chi connectivity index (χ2v) is 5.57. The molecular weight excluding hydrogens is 268 g/mol. The first-order valence-corrected chi connectivity index (χ1v) is 7.33. The Labute approximate surface area is 126 Å². The standard InChI is InChI=1S/C16H24N2O3/c1-12-9-18(10-13(2)21-12)16(19)17-8-14-4-6-15(7-5-14)11-20-3/h4-7,12-13H,8-11H2,1-3H3,(H,17,19)/t12-,13-/m0/s1. The van der Waals surface area contributed by atoms with Crippen LogP contribution in [0.5, 0.6) is 0 Å². The highest BCUT2D eigenvalue weighted by Crippen LogP contribution is 2.11. The number of carbonyl (C=O) groups is 1. The second kappa shape index (κ2) is 7.43. The molecule has 1 fully saturated rings. The monoisotopic (exact) mass is 292 g/mol. The number of ether oxygens (including phenoxy) is 2. The van der Waals surface area contributed by atoms with Crippen LogP contribution in [-0.4, -0.2) is 43.3 Å². The summed E-state index contributed by atoms with van der Waals surface area (Å²) in [7, 11) is 1.68. The summed E-state index contributed by atoms with van der Waals surface area (Å²) in [5, 5.41) is 2.96. The van der Waals surface area contributed by atoms with Gasteiger partial charge >= 0.3 is 6.03 Å². The van der Waals surface area contributed by atoms with Gasteiger partial charge in [0.25, 0.3) is 0 Å². The van der Waals surface area contributed by atoms with Crippen molar-refractivity contribution in [2.75, 3.05) is 20.2 Å². The average molecular weight is 292 g/mol. The molecule has 2 amide bonds. The predicted octanol–water partition coefficient (Wildman–Crippen LogP) is 2.15. The number of nitrogens with zero attached hydrogens (tertiary/aromatic N) is 1. The highest BCUT2D eigenvalue weighted by atomic mass is 16.5. The second-order valence-electron chi connectivity index (χ2n) is 5.57. The van der Waals surface area contributed by atoms with E-state index in [-0.39, 0.29) is 18.2 Å². The van der Waals surface area contributed by atoms with E-state index < -0.39 is 0 Å². The summed E-state index contributed by atoms with van der Waals surface area (Å²) in [6, 6.07) is 8.03. The third kappa shape index (κ3) is 4.72. The minimum absolute atomic E-state index is 0.0297. The van der Waals surface area contributed by atoms with Gasteiger partial charge in [-0.15, -0.1) is 0 Å². The topological polar surface area (TPSA) is 50.8 Å². The maximum atomic E-state index is 12.2. The van der Waals surface area contributed by atoms with Crippen LogP contribution < -0.4 is 5.32 Å². The van der Waals surface area contributed by atoms with Gasteiger partial charge in [0.1, 0.15) is 0 Å². The minimum atomic E-state index is -0.0297. The van der Waals surface area contributed by atoms with Crippen molar-refractivity contribution < 1.29 is 14.3 Å². The van der Waals surface area contributed by atoms with Crippen LogP contribution in [-0.2, 0) is 22.6 Å². The third-order valence-electron chi connectivity index (χ3n) is 3.48. The van der Waals surface area contributed by atoms with Crippen molar-refractivity contribution in [1.82, 2.24) is 10.2 Å². The molecule has 1 aromatic carbocycles. The Bertz CT molecular complexity index is 451. The summed E-state index contributed by atoms with van der Waals surface area (Å²) in [6.07, 6.45) is 0.181. The molecule has 1 saturated heterocycles. The van der Waals surface area contributed by atoms with Gasteiger partial charge in [-0.2, -0.15) is 0 Å². The molecule has 0 spiro atoms. The van der Waals surface area contributed by atoms with Crippen molar-refractivity contribution >= 4 is 6.03 Å². The summed E-state index contributed by atoms with van der Waals surface area (Å²) in [4.78, 5) is 14.0. The maximum absolute atomic E-state index is 12.2. The fourth-order valence-corrected chi connectivity index (χ4v) is 2.55. The zero-order chi connectivity index (χ0) is 15.2. The average Bonchev–Trinajstić information content (AvgIpc) is 2.45. The van der Waals surface area contributed by atoms with E-state index in [9.17, 15) is 4.79 Å². The molecule has 1 aliphatic rings. The number of rotatable bonds is 4. The lowest BCUT2D eigenvalue weighted by atomic mass is 10.1. The molecule has 21 heavy (non-hydrogen) atoms. The van der Waals surface area contributed by atoms with Crippen LogP contribution in [0, 0.1) is 0 Å². The van der Waals surface area contributed by atoms with Gasteiger partial charge in [-0.1, -0.05) is 24.3 Å². The smallest absolute Gasteiger partial charge is 0.317 e. The summed E-state index contributed by atoms with van der Waals surface area (Å²) in [5.41, 5.74) is 2.21. The zero-order valence-electron chi connectivity index (χ0n) is 13.0. The van der Waals surface area contributed by atoms with Crippen molar-refractivity contribution in [3.63, 3.8) is 0 Å². The quantitative estimate of drug-likeness (QED) is 0.925. The van der Waals surface area contributed by atoms with Gasteiger partial charge in [0.15, 0.2) is 0 Å². The van der Waals surface area contributed by atoms with E-state index in [0.717, 1.165) is 11.1 Å². The van der Waals surface area contributed by atoms with Crippen molar-refractivity contribution in [1.29, 1.82) is 0 Å². The molecular formula is C16H24N2O3. The molecule has 2 atom stereocenters. The molecule has 0 unspecified atom stereocenters. The Kier molecular flexibility index (Phi) is 5.59. The molecule has 0 aliphatic carbocycles. The van der Waals surface area contributed by atoms with Crippen LogP contribution >= 0.6 is 0 Å². The van der Waals surface area contributed by atoms with E-state index in [0.29, 0.717) is 26.2 Å². The fraction of sp³-hybridized carbons (Fsp3) is 0.562. The number of amides is 2.